The van der Waals surface area contributed by atoms with E-state index >= 15 is 0 Å². The number of nitrogens with one attached hydrogen (secondary N) is 2. The van der Waals surface area contributed by atoms with Crippen LogP contribution in [0.15, 0.2) is 12.1 Å². The molecular weight excluding hydrogens is 218 g/mol. The molecule has 82 valence electrons. The van der Waals surface area contributed by atoms with Crippen LogP contribution in [-0.4, -0.2) is 30.0 Å². The number of carbonyl (C=O) groups is 1. The molecule has 0 bridgehead atoms. The molecule has 0 saturated heterocycles. The van der Waals surface area contributed by atoms with Crippen LogP contribution >= 0.6 is 11.6 Å². The molecule has 7 heteroatoms. The van der Waals surface area contributed by atoms with E-state index in [0.29, 0.717) is 5.82 Å². The van der Waals surface area contributed by atoms with Gasteiger partial charge < -0.3 is 5.43 Å². The number of anilines is 1. The number of amides is 1. The first-order valence-electron chi connectivity index (χ1n) is 4.16. The maximum Gasteiger partial charge on any atom is 0.285 e. The first-order chi connectivity index (χ1) is 7.04. The van der Waals surface area contributed by atoms with Gasteiger partial charge >= 0.3 is 0 Å². The average Bonchev–Trinajstić information content (AvgIpc) is 2.17. The molecule has 4 N–H and O–H groups in total. The Morgan fingerprint density at radius 1 is 1.53 bits per heavy atom. The summed E-state index contributed by atoms with van der Waals surface area (Å²) in [4.78, 5) is 15.5. The van der Waals surface area contributed by atoms with Crippen molar-refractivity contribution in [3.63, 3.8) is 0 Å². The van der Waals surface area contributed by atoms with Crippen molar-refractivity contribution in [1.82, 2.24) is 15.4 Å². The molecule has 0 saturated carbocycles. The van der Waals surface area contributed by atoms with Gasteiger partial charge in [0.2, 0.25) is 0 Å². The van der Waals surface area contributed by atoms with Crippen LogP contribution in [0.25, 0.3) is 0 Å². The van der Waals surface area contributed by atoms with Gasteiger partial charge in [-0.25, -0.2) is 15.8 Å². The zero-order valence-corrected chi connectivity index (χ0v) is 9.17. The fourth-order valence-electron chi connectivity index (χ4n) is 0.938. The number of rotatable bonds is 3. The number of aromatic nitrogens is 1. The lowest BCUT2D eigenvalue weighted by atomic mass is 10.3. The second-order valence-electron chi connectivity index (χ2n) is 3.01. The van der Waals surface area contributed by atoms with Crippen molar-refractivity contribution >= 4 is 23.3 Å². The third-order valence-corrected chi connectivity index (χ3v) is 1.84. The Morgan fingerprint density at radius 3 is 2.73 bits per heavy atom. The average molecular weight is 230 g/mol. The highest BCUT2D eigenvalue weighted by Crippen LogP contribution is 2.15. The molecule has 0 aliphatic carbocycles. The van der Waals surface area contributed by atoms with Crippen molar-refractivity contribution in [3.05, 3.63) is 22.8 Å². The van der Waals surface area contributed by atoms with Crippen molar-refractivity contribution in [2.45, 2.75) is 0 Å². The molecule has 0 atom stereocenters. The quantitative estimate of drug-likeness (QED) is 0.511. The lowest BCUT2D eigenvalue weighted by Gasteiger charge is -2.12. The van der Waals surface area contributed by atoms with Crippen molar-refractivity contribution in [2.24, 2.45) is 5.84 Å². The molecule has 0 unspecified atom stereocenters. The molecule has 1 amide bonds. The molecule has 1 heterocycles. The van der Waals surface area contributed by atoms with Crippen LogP contribution in [0.3, 0.4) is 0 Å². The third-order valence-electron chi connectivity index (χ3n) is 1.53. The summed E-state index contributed by atoms with van der Waals surface area (Å²) in [5, 5.41) is 1.77. The first kappa shape index (κ1) is 11.7. The predicted octanol–water partition coefficient (Wildman–Crippen LogP) is 0.227. The summed E-state index contributed by atoms with van der Waals surface area (Å²) >= 11 is 5.82. The number of nitrogen functional groups attached to an aromatic ring is 1. The van der Waals surface area contributed by atoms with Crippen LogP contribution in [0.1, 0.15) is 10.5 Å². The predicted molar refractivity (Wildman–Crippen MR) is 58.2 cm³/mol. The largest absolute Gasteiger partial charge is 0.308 e. The Labute approximate surface area is 92.4 Å². The molecular formula is C8H12ClN5O. The van der Waals surface area contributed by atoms with Crippen molar-refractivity contribution in [3.8, 4) is 0 Å². The molecule has 1 rings (SSSR count). The van der Waals surface area contributed by atoms with Gasteiger partial charge in [0.15, 0.2) is 5.69 Å². The van der Waals surface area contributed by atoms with Crippen LogP contribution in [0, 0.1) is 0 Å². The van der Waals surface area contributed by atoms with E-state index in [-0.39, 0.29) is 16.6 Å². The lowest BCUT2D eigenvalue weighted by molar-refractivity contribution is 0.0852. The van der Waals surface area contributed by atoms with Crippen LogP contribution in [-0.2, 0) is 0 Å². The topological polar surface area (TPSA) is 83.3 Å². The summed E-state index contributed by atoms with van der Waals surface area (Å²) in [6, 6.07) is 3.13. The highest BCUT2D eigenvalue weighted by molar-refractivity contribution is 6.33. The number of pyridine rings is 1. The van der Waals surface area contributed by atoms with Crippen LogP contribution in [0.4, 0.5) is 5.82 Å². The summed E-state index contributed by atoms with van der Waals surface area (Å²) in [6.45, 7) is 0. The standard InChI is InChI=1S/C8H12ClN5O/c1-14(2)13-8(15)7-5(9)3-4-6(11-7)12-10/h3-4H,10H2,1-2H3,(H,11,12)(H,13,15). The van der Waals surface area contributed by atoms with Gasteiger partial charge in [0.25, 0.3) is 5.91 Å². The summed E-state index contributed by atoms with van der Waals surface area (Å²) in [5.41, 5.74) is 5.00. The van der Waals surface area contributed by atoms with Gasteiger partial charge in [-0.3, -0.25) is 10.2 Å². The molecule has 6 nitrogen and oxygen atoms in total. The number of hydrogen-bond acceptors (Lipinski definition) is 5. The van der Waals surface area contributed by atoms with Gasteiger partial charge in [-0.2, -0.15) is 0 Å². The Balaban J connectivity index is 2.96. The van der Waals surface area contributed by atoms with Gasteiger partial charge in [0, 0.05) is 14.1 Å². The van der Waals surface area contributed by atoms with Crippen molar-refractivity contribution < 1.29 is 4.79 Å². The first-order valence-corrected chi connectivity index (χ1v) is 4.54. The number of carbonyl (C=O) groups excluding carboxylic acids is 1. The SMILES string of the molecule is CN(C)NC(=O)c1nc(NN)ccc1Cl. The Morgan fingerprint density at radius 2 is 2.20 bits per heavy atom. The van der Waals surface area contributed by atoms with E-state index in [1.807, 2.05) is 0 Å². The Kier molecular flexibility index (Phi) is 3.84. The highest BCUT2D eigenvalue weighted by Gasteiger charge is 2.13. The Hall–Kier alpha value is -1.37. The number of halogens is 1. The number of nitrogens with zero attached hydrogens (tertiary/aromatic N) is 2. The van der Waals surface area contributed by atoms with E-state index in [4.69, 9.17) is 17.4 Å². The molecule has 1 aromatic heterocycles. The van der Waals surface area contributed by atoms with Gasteiger partial charge in [-0.05, 0) is 12.1 Å². The highest BCUT2D eigenvalue weighted by atomic mass is 35.5. The Bertz CT molecular complexity index is 368. The third kappa shape index (κ3) is 3.05. The monoisotopic (exact) mass is 229 g/mol. The van der Waals surface area contributed by atoms with Gasteiger partial charge in [0.05, 0.1) is 5.02 Å². The fraction of sp³-hybridized carbons (Fsp3) is 0.250. The van der Waals surface area contributed by atoms with E-state index in [0.717, 1.165) is 0 Å². The number of hydrazine groups is 2. The molecule has 15 heavy (non-hydrogen) atoms. The fourth-order valence-corrected chi connectivity index (χ4v) is 1.13. The summed E-state index contributed by atoms with van der Waals surface area (Å²) in [5.74, 6) is 5.16. The second-order valence-corrected chi connectivity index (χ2v) is 3.41. The van der Waals surface area contributed by atoms with E-state index in [2.05, 4.69) is 15.8 Å². The zero-order chi connectivity index (χ0) is 11.4. The molecule has 0 aromatic carbocycles. The minimum atomic E-state index is -0.387. The van der Waals surface area contributed by atoms with E-state index in [1.54, 1.807) is 26.2 Å². The maximum absolute atomic E-state index is 11.6. The van der Waals surface area contributed by atoms with Crippen molar-refractivity contribution in [1.29, 1.82) is 0 Å². The zero-order valence-electron chi connectivity index (χ0n) is 8.41. The minimum absolute atomic E-state index is 0.126. The summed E-state index contributed by atoms with van der Waals surface area (Å²) in [6.07, 6.45) is 0. The normalized spacial score (nSPS) is 10.2. The maximum atomic E-state index is 11.6. The van der Waals surface area contributed by atoms with Gasteiger partial charge in [0.1, 0.15) is 5.82 Å². The number of hydrogen-bond donors (Lipinski definition) is 3. The lowest BCUT2D eigenvalue weighted by Crippen LogP contribution is -2.36. The van der Waals surface area contributed by atoms with E-state index < -0.39 is 0 Å². The molecule has 0 spiro atoms. The summed E-state index contributed by atoms with van der Waals surface area (Å²) in [7, 11) is 3.38. The summed E-state index contributed by atoms with van der Waals surface area (Å²) < 4.78 is 0. The van der Waals surface area contributed by atoms with Crippen LogP contribution < -0.4 is 16.7 Å². The van der Waals surface area contributed by atoms with E-state index in [1.165, 1.54) is 5.01 Å². The smallest absolute Gasteiger partial charge is 0.285 e. The van der Waals surface area contributed by atoms with Crippen LogP contribution in [0.5, 0.6) is 0 Å². The molecule has 0 aliphatic heterocycles. The minimum Gasteiger partial charge on any atom is -0.308 e. The van der Waals surface area contributed by atoms with Crippen molar-refractivity contribution in [2.75, 3.05) is 19.5 Å². The second kappa shape index (κ2) is 4.92. The van der Waals surface area contributed by atoms with Crippen LogP contribution in [0.2, 0.25) is 5.02 Å². The molecule has 0 fully saturated rings. The van der Waals surface area contributed by atoms with Gasteiger partial charge in [-0.15, -0.1) is 0 Å². The molecule has 0 radical (unpaired) electrons. The molecule has 1 aromatic rings. The van der Waals surface area contributed by atoms with E-state index in [9.17, 15) is 4.79 Å². The molecule has 0 aliphatic rings. The number of nitrogens with two attached hydrogens (primary N) is 1. The van der Waals surface area contributed by atoms with Gasteiger partial charge in [-0.1, -0.05) is 11.6 Å².